The third-order valence-corrected chi connectivity index (χ3v) is 4.85. The minimum Gasteiger partial charge on any atom is -0.497 e. The van der Waals surface area contributed by atoms with Crippen LogP contribution in [-0.2, 0) is 10.0 Å². The smallest absolute Gasteiger partial charge is 0.211 e. The lowest BCUT2D eigenvalue weighted by molar-refractivity contribution is 0.332. The molecule has 20 heavy (non-hydrogen) atoms. The summed E-state index contributed by atoms with van der Waals surface area (Å²) >= 11 is 0. The Morgan fingerprint density at radius 3 is 2.55 bits per heavy atom. The Morgan fingerprint density at radius 2 is 2.00 bits per heavy atom. The number of nitrogens with zero attached hydrogens (tertiary/aromatic N) is 1. The van der Waals surface area contributed by atoms with Gasteiger partial charge in [0.05, 0.1) is 24.7 Å². The Labute approximate surface area is 120 Å². The molecule has 1 saturated heterocycles. The summed E-state index contributed by atoms with van der Waals surface area (Å²) in [6, 6.07) is 5.69. The predicted molar refractivity (Wildman–Crippen MR) is 80.5 cm³/mol. The molecule has 0 saturated carbocycles. The van der Waals surface area contributed by atoms with Gasteiger partial charge >= 0.3 is 0 Å². The predicted octanol–water partition coefficient (Wildman–Crippen LogP) is 1.11. The molecular weight excluding hydrogens is 278 g/mol. The maximum atomic E-state index is 11.5. The fraction of sp³-hybridized carbons (Fsp3) is 0.538. The van der Waals surface area contributed by atoms with Crippen LogP contribution in [0.1, 0.15) is 12.8 Å². The highest BCUT2D eigenvalue weighted by atomic mass is 32.2. The molecule has 0 aromatic heterocycles. The van der Waals surface area contributed by atoms with Crippen molar-refractivity contribution in [3.63, 3.8) is 0 Å². The standard InChI is InChI=1S/C13H21N3O3S/c1-19-11-3-4-12(14)13(9-11)15-10-5-7-16(8-6-10)20(2,17)18/h3-4,9-10,15H,5-8,14H2,1-2H3. The zero-order chi connectivity index (χ0) is 14.8. The monoisotopic (exact) mass is 299 g/mol. The quantitative estimate of drug-likeness (QED) is 0.814. The zero-order valence-corrected chi connectivity index (χ0v) is 12.6. The summed E-state index contributed by atoms with van der Waals surface area (Å²) in [5.74, 6) is 0.746. The summed E-state index contributed by atoms with van der Waals surface area (Å²) in [7, 11) is -1.47. The molecule has 1 aliphatic heterocycles. The SMILES string of the molecule is COc1ccc(N)c(NC2CCN(S(C)(=O)=O)CC2)c1. The van der Waals surface area contributed by atoms with E-state index in [4.69, 9.17) is 10.5 Å². The first kappa shape index (κ1) is 14.9. The molecule has 3 N–H and O–H groups in total. The molecule has 1 heterocycles. The lowest BCUT2D eigenvalue weighted by Gasteiger charge is -2.31. The van der Waals surface area contributed by atoms with Gasteiger partial charge in [-0.15, -0.1) is 0 Å². The van der Waals surface area contributed by atoms with Gasteiger partial charge in [0.25, 0.3) is 0 Å². The number of sulfonamides is 1. The summed E-state index contributed by atoms with van der Waals surface area (Å²) in [5, 5.41) is 3.37. The van der Waals surface area contributed by atoms with Gasteiger partial charge in [0.15, 0.2) is 0 Å². The van der Waals surface area contributed by atoms with Crippen LogP contribution in [0.5, 0.6) is 5.75 Å². The summed E-state index contributed by atoms with van der Waals surface area (Å²) < 4.78 is 29.6. The van der Waals surface area contributed by atoms with E-state index in [0.717, 1.165) is 24.3 Å². The molecule has 112 valence electrons. The molecule has 2 rings (SSSR count). The van der Waals surface area contributed by atoms with Gasteiger partial charge in [-0.05, 0) is 25.0 Å². The number of piperidine rings is 1. The van der Waals surface area contributed by atoms with E-state index in [1.807, 2.05) is 12.1 Å². The molecule has 0 atom stereocenters. The average molecular weight is 299 g/mol. The number of hydrogen-bond donors (Lipinski definition) is 2. The largest absolute Gasteiger partial charge is 0.497 e. The molecule has 0 unspecified atom stereocenters. The van der Waals surface area contributed by atoms with Gasteiger partial charge in [-0.25, -0.2) is 12.7 Å². The maximum Gasteiger partial charge on any atom is 0.211 e. The fourth-order valence-electron chi connectivity index (χ4n) is 2.34. The first-order valence-corrected chi connectivity index (χ1v) is 8.40. The third kappa shape index (κ3) is 3.55. The minimum absolute atomic E-state index is 0.224. The van der Waals surface area contributed by atoms with Crippen molar-refractivity contribution in [1.82, 2.24) is 4.31 Å². The van der Waals surface area contributed by atoms with Gasteiger partial charge < -0.3 is 15.8 Å². The summed E-state index contributed by atoms with van der Waals surface area (Å²) in [6.45, 7) is 1.08. The van der Waals surface area contributed by atoms with Crippen molar-refractivity contribution in [2.75, 3.05) is 37.5 Å². The van der Waals surface area contributed by atoms with E-state index in [0.29, 0.717) is 18.8 Å². The molecule has 1 aromatic rings. The van der Waals surface area contributed by atoms with E-state index in [9.17, 15) is 8.42 Å². The van der Waals surface area contributed by atoms with E-state index in [2.05, 4.69) is 5.32 Å². The van der Waals surface area contributed by atoms with Crippen molar-refractivity contribution in [2.45, 2.75) is 18.9 Å². The third-order valence-electron chi connectivity index (χ3n) is 3.54. The van der Waals surface area contributed by atoms with Crippen LogP contribution in [0.3, 0.4) is 0 Å². The van der Waals surface area contributed by atoms with Crippen LogP contribution in [0.4, 0.5) is 11.4 Å². The molecule has 6 nitrogen and oxygen atoms in total. The number of methoxy groups -OCH3 is 1. The molecule has 0 amide bonds. The first-order valence-electron chi connectivity index (χ1n) is 6.55. The summed E-state index contributed by atoms with van der Waals surface area (Å²) in [5.41, 5.74) is 7.43. The van der Waals surface area contributed by atoms with Crippen molar-refractivity contribution < 1.29 is 13.2 Å². The second kappa shape index (κ2) is 5.88. The highest BCUT2D eigenvalue weighted by Crippen LogP contribution is 2.27. The van der Waals surface area contributed by atoms with Crippen molar-refractivity contribution in [2.24, 2.45) is 0 Å². The number of nitrogens with two attached hydrogens (primary N) is 1. The zero-order valence-electron chi connectivity index (χ0n) is 11.8. The highest BCUT2D eigenvalue weighted by molar-refractivity contribution is 7.88. The van der Waals surface area contributed by atoms with Crippen LogP contribution in [0.25, 0.3) is 0 Å². The summed E-state index contributed by atoms with van der Waals surface area (Å²) in [4.78, 5) is 0. The number of anilines is 2. The Kier molecular flexibility index (Phi) is 4.39. The van der Waals surface area contributed by atoms with Crippen LogP contribution >= 0.6 is 0 Å². The Morgan fingerprint density at radius 1 is 1.35 bits per heavy atom. The molecule has 0 bridgehead atoms. The van der Waals surface area contributed by atoms with E-state index in [-0.39, 0.29) is 6.04 Å². The Hall–Kier alpha value is -1.47. The van der Waals surface area contributed by atoms with Crippen LogP contribution < -0.4 is 15.8 Å². The van der Waals surface area contributed by atoms with Crippen LogP contribution in [0.2, 0.25) is 0 Å². The second-order valence-corrected chi connectivity index (χ2v) is 7.02. The van der Waals surface area contributed by atoms with Gasteiger partial charge in [0, 0.05) is 25.2 Å². The van der Waals surface area contributed by atoms with Gasteiger partial charge in [0.2, 0.25) is 10.0 Å². The topological polar surface area (TPSA) is 84.7 Å². The molecule has 0 radical (unpaired) electrons. The average Bonchev–Trinajstić information content (AvgIpc) is 2.41. The van der Waals surface area contributed by atoms with Crippen LogP contribution in [0, 0.1) is 0 Å². The molecular formula is C13H21N3O3S. The normalized spacial score (nSPS) is 17.9. The second-order valence-electron chi connectivity index (χ2n) is 5.03. The minimum atomic E-state index is -3.08. The van der Waals surface area contributed by atoms with Gasteiger partial charge in [-0.3, -0.25) is 0 Å². The van der Waals surface area contributed by atoms with Crippen molar-refractivity contribution in [3.05, 3.63) is 18.2 Å². The molecule has 1 aliphatic rings. The number of hydrogen-bond acceptors (Lipinski definition) is 5. The molecule has 0 spiro atoms. The Balaban J connectivity index is 1.99. The first-order chi connectivity index (χ1) is 9.40. The van der Waals surface area contributed by atoms with Crippen LogP contribution in [-0.4, -0.2) is 45.2 Å². The highest BCUT2D eigenvalue weighted by Gasteiger charge is 2.25. The maximum absolute atomic E-state index is 11.5. The van der Waals surface area contributed by atoms with Crippen LogP contribution in [0.15, 0.2) is 18.2 Å². The van der Waals surface area contributed by atoms with E-state index in [1.165, 1.54) is 10.6 Å². The Bertz CT molecular complexity index is 566. The van der Waals surface area contributed by atoms with Crippen molar-refractivity contribution in [1.29, 1.82) is 0 Å². The lowest BCUT2D eigenvalue weighted by atomic mass is 10.1. The number of nitrogen functional groups attached to an aromatic ring is 1. The van der Waals surface area contributed by atoms with Gasteiger partial charge in [-0.2, -0.15) is 0 Å². The molecule has 1 aromatic carbocycles. The molecule has 7 heteroatoms. The van der Waals surface area contributed by atoms with E-state index >= 15 is 0 Å². The van der Waals surface area contributed by atoms with Gasteiger partial charge in [0.1, 0.15) is 5.75 Å². The number of benzene rings is 1. The van der Waals surface area contributed by atoms with Crippen molar-refractivity contribution in [3.8, 4) is 5.75 Å². The lowest BCUT2D eigenvalue weighted by Crippen LogP contribution is -2.41. The molecule has 1 fully saturated rings. The fourth-order valence-corrected chi connectivity index (χ4v) is 3.21. The van der Waals surface area contributed by atoms with E-state index in [1.54, 1.807) is 13.2 Å². The number of ether oxygens (including phenoxy) is 1. The van der Waals surface area contributed by atoms with E-state index < -0.39 is 10.0 Å². The van der Waals surface area contributed by atoms with Gasteiger partial charge in [-0.1, -0.05) is 0 Å². The number of rotatable bonds is 4. The van der Waals surface area contributed by atoms with Crippen molar-refractivity contribution >= 4 is 21.4 Å². The summed E-state index contributed by atoms with van der Waals surface area (Å²) in [6.07, 6.45) is 2.79. The molecule has 0 aliphatic carbocycles. The number of nitrogens with one attached hydrogen (secondary N) is 1.